The van der Waals surface area contributed by atoms with Gasteiger partial charge in [-0.25, -0.2) is 4.39 Å². The van der Waals surface area contributed by atoms with Crippen molar-refractivity contribution in [2.24, 2.45) is 5.73 Å². The summed E-state index contributed by atoms with van der Waals surface area (Å²) in [4.78, 5) is 0.876. The molecule has 2 rings (SSSR count). The first-order valence-corrected chi connectivity index (χ1v) is 7.25. The predicted octanol–water partition coefficient (Wildman–Crippen LogP) is 4.91. The van der Waals surface area contributed by atoms with Gasteiger partial charge in [0.25, 0.3) is 0 Å². The maximum absolute atomic E-state index is 13.9. The second-order valence-corrected chi connectivity index (χ2v) is 6.77. The lowest BCUT2D eigenvalue weighted by Crippen LogP contribution is -2.17. The van der Waals surface area contributed by atoms with E-state index in [1.165, 1.54) is 23.5 Å². The molecule has 1 nitrogen and oxygen atoms in total. The maximum atomic E-state index is 13.9. The van der Waals surface area contributed by atoms with Gasteiger partial charge in [-0.2, -0.15) is 13.2 Å². The number of halogens is 5. The highest BCUT2D eigenvalue weighted by Gasteiger charge is 2.35. The van der Waals surface area contributed by atoms with Gasteiger partial charge in [0, 0.05) is 22.9 Å². The van der Waals surface area contributed by atoms with Crippen LogP contribution in [0.5, 0.6) is 0 Å². The molecule has 0 radical (unpaired) electrons. The van der Waals surface area contributed by atoms with Crippen molar-refractivity contribution in [3.63, 3.8) is 0 Å². The number of rotatable bonds is 3. The summed E-state index contributed by atoms with van der Waals surface area (Å²) in [7, 11) is 0. The summed E-state index contributed by atoms with van der Waals surface area (Å²) < 4.78 is 52.7. The van der Waals surface area contributed by atoms with Crippen molar-refractivity contribution in [1.29, 1.82) is 0 Å². The molecule has 7 heteroatoms. The molecule has 2 aromatic rings. The Kier molecular flexibility index (Phi) is 4.51. The van der Waals surface area contributed by atoms with Crippen molar-refractivity contribution in [3.05, 3.63) is 55.9 Å². The Morgan fingerprint density at radius 1 is 1.20 bits per heavy atom. The molecule has 1 heterocycles. The fraction of sp³-hybridized carbons (Fsp3) is 0.231. The van der Waals surface area contributed by atoms with E-state index in [0.717, 1.165) is 8.66 Å². The van der Waals surface area contributed by atoms with Gasteiger partial charge in [0.05, 0.1) is 9.35 Å². The van der Waals surface area contributed by atoms with Crippen LogP contribution in [0.4, 0.5) is 17.6 Å². The van der Waals surface area contributed by atoms with Gasteiger partial charge in [-0.1, -0.05) is 12.1 Å². The van der Waals surface area contributed by atoms with Gasteiger partial charge in [0.2, 0.25) is 0 Å². The minimum Gasteiger partial charge on any atom is -0.324 e. The molecular formula is C13H10BrF4NS. The Bertz CT molecular complexity index is 609. The molecule has 0 amide bonds. The number of alkyl halides is 3. The van der Waals surface area contributed by atoms with Crippen LogP contribution in [0, 0.1) is 5.82 Å². The van der Waals surface area contributed by atoms with E-state index in [-0.39, 0.29) is 12.0 Å². The fourth-order valence-electron chi connectivity index (χ4n) is 1.84. The highest BCUT2D eigenvalue weighted by Crippen LogP contribution is 2.34. The third kappa shape index (κ3) is 3.39. The fourth-order valence-corrected chi connectivity index (χ4v) is 3.38. The molecule has 1 aromatic carbocycles. The van der Waals surface area contributed by atoms with Gasteiger partial charge in [-0.3, -0.25) is 0 Å². The molecule has 0 aliphatic rings. The monoisotopic (exact) mass is 367 g/mol. The van der Waals surface area contributed by atoms with E-state index in [1.807, 2.05) is 6.07 Å². The molecule has 0 aliphatic carbocycles. The van der Waals surface area contributed by atoms with E-state index in [4.69, 9.17) is 5.73 Å². The molecule has 20 heavy (non-hydrogen) atoms. The lowest BCUT2D eigenvalue weighted by atomic mass is 10.00. The number of nitrogens with two attached hydrogens (primary N) is 1. The Hall–Kier alpha value is -0.920. The average molecular weight is 368 g/mol. The molecule has 0 saturated heterocycles. The summed E-state index contributed by atoms with van der Waals surface area (Å²) in [5, 5.41) is 0. The highest BCUT2D eigenvalue weighted by molar-refractivity contribution is 9.11. The van der Waals surface area contributed by atoms with Crippen molar-refractivity contribution < 1.29 is 17.6 Å². The number of hydrogen-bond acceptors (Lipinski definition) is 2. The zero-order chi connectivity index (χ0) is 14.9. The standard InChI is InChI=1S/C13H10BrF4NS/c14-11-5-4-7(20-11)6-10(19)8-2-1-3-9(12(8)15)13(16,17)18/h1-5,10H,6,19H2. The maximum Gasteiger partial charge on any atom is 0.419 e. The zero-order valence-electron chi connectivity index (χ0n) is 10.0. The van der Waals surface area contributed by atoms with Crippen LogP contribution in [0.1, 0.15) is 22.0 Å². The van der Waals surface area contributed by atoms with Crippen LogP contribution in [-0.2, 0) is 12.6 Å². The van der Waals surface area contributed by atoms with Crippen molar-refractivity contribution >= 4 is 27.3 Å². The Morgan fingerprint density at radius 3 is 2.45 bits per heavy atom. The minimum absolute atomic E-state index is 0.121. The molecule has 108 valence electrons. The summed E-state index contributed by atoms with van der Waals surface area (Å²) in [6.07, 6.45) is -4.43. The van der Waals surface area contributed by atoms with Crippen molar-refractivity contribution in [1.82, 2.24) is 0 Å². The molecule has 0 saturated carbocycles. The summed E-state index contributed by atoms with van der Waals surface area (Å²) >= 11 is 4.70. The normalized spacial score (nSPS) is 13.5. The van der Waals surface area contributed by atoms with Crippen molar-refractivity contribution in [2.45, 2.75) is 18.6 Å². The smallest absolute Gasteiger partial charge is 0.324 e. The van der Waals surface area contributed by atoms with Crippen LogP contribution < -0.4 is 5.73 Å². The van der Waals surface area contributed by atoms with E-state index in [0.29, 0.717) is 6.07 Å². The third-order valence-corrected chi connectivity index (χ3v) is 4.43. The summed E-state index contributed by atoms with van der Waals surface area (Å²) in [6.45, 7) is 0. The molecule has 1 atom stereocenters. The summed E-state index contributed by atoms with van der Waals surface area (Å²) in [5.74, 6) is -1.29. The van der Waals surface area contributed by atoms with E-state index in [2.05, 4.69) is 15.9 Å². The first kappa shape index (κ1) is 15.5. The molecule has 0 spiro atoms. The van der Waals surface area contributed by atoms with E-state index < -0.39 is 23.6 Å². The van der Waals surface area contributed by atoms with E-state index in [9.17, 15) is 17.6 Å². The highest BCUT2D eigenvalue weighted by atomic mass is 79.9. The molecular weight excluding hydrogens is 358 g/mol. The van der Waals surface area contributed by atoms with E-state index in [1.54, 1.807) is 6.07 Å². The molecule has 0 fully saturated rings. The largest absolute Gasteiger partial charge is 0.419 e. The number of thiophene rings is 1. The SMILES string of the molecule is NC(Cc1ccc(Br)s1)c1cccc(C(F)(F)F)c1F. The van der Waals surface area contributed by atoms with Crippen LogP contribution in [-0.4, -0.2) is 0 Å². The third-order valence-electron chi connectivity index (χ3n) is 2.78. The van der Waals surface area contributed by atoms with Crippen LogP contribution >= 0.6 is 27.3 Å². The number of benzene rings is 1. The van der Waals surface area contributed by atoms with Crippen LogP contribution in [0.15, 0.2) is 34.1 Å². The van der Waals surface area contributed by atoms with Crippen LogP contribution in [0.3, 0.4) is 0 Å². The molecule has 2 N–H and O–H groups in total. The lowest BCUT2D eigenvalue weighted by Gasteiger charge is -2.15. The van der Waals surface area contributed by atoms with Gasteiger partial charge < -0.3 is 5.73 Å². The Balaban J connectivity index is 2.28. The predicted molar refractivity (Wildman–Crippen MR) is 74.1 cm³/mol. The quantitative estimate of drug-likeness (QED) is 0.766. The molecule has 1 unspecified atom stereocenters. The summed E-state index contributed by atoms with van der Waals surface area (Å²) in [6, 6.07) is 5.98. The summed E-state index contributed by atoms with van der Waals surface area (Å²) in [5.41, 5.74) is 4.43. The van der Waals surface area contributed by atoms with E-state index >= 15 is 0 Å². The first-order valence-electron chi connectivity index (χ1n) is 5.64. The van der Waals surface area contributed by atoms with Gasteiger partial charge >= 0.3 is 6.18 Å². The molecule has 0 bridgehead atoms. The van der Waals surface area contributed by atoms with Crippen molar-refractivity contribution in [2.75, 3.05) is 0 Å². The lowest BCUT2D eigenvalue weighted by molar-refractivity contribution is -0.140. The van der Waals surface area contributed by atoms with Crippen molar-refractivity contribution in [3.8, 4) is 0 Å². The van der Waals surface area contributed by atoms with Crippen LogP contribution in [0.25, 0.3) is 0 Å². The Labute approximate surface area is 125 Å². The van der Waals surface area contributed by atoms with Gasteiger partial charge in [-0.15, -0.1) is 11.3 Å². The second-order valence-electron chi connectivity index (χ2n) is 4.22. The van der Waals surface area contributed by atoms with Gasteiger partial charge in [0.15, 0.2) is 0 Å². The zero-order valence-corrected chi connectivity index (χ0v) is 12.4. The first-order chi connectivity index (χ1) is 9.29. The average Bonchev–Trinajstić information content (AvgIpc) is 2.73. The van der Waals surface area contributed by atoms with Crippen LogP contribution in [0.2, 0.25) is 0 Å². The molecule has 0 aliphatic heterocycles. The second kappa shape index (κ2) is 5.83. The topological polar surface area (TPSA) is 26.0 Å². The minimum atomic E-state index is -4.72. The molecule has 1 aromatic heterocycles. The number of hydrogen-bond donors (Lipinski definition) is 1. The van der Waals surface area contributed by atoms with Gasteiger partial charge in [0.1, 0.15) is 5.82 Å². The van der Waals surface area contributed by atoms with Gasteiger partial charge in [-0.05, 0) is 34.1 Å². The Morgan fingerprint density at radius 2 is 1.90 bits per heavy atom.